The minimum Gasteiger partial charge on any atom is -0.487 e. The number of rotatable bonds is 4. The topological polar surface area (TPSA) is 35.5 Å². The fourth-order valence-electron chi connectivity index (χ4n) is 1.47. The van der Waals surface area contributed by atoms with Crippen LogP contribution in [0.1, 0.15) is 44.0 Å². The Kier molecular flexibility index (Phi) is 3.09. The van der Waals surface area contributed by atoms with E-state index in [-0.39, 0.29) is 5.60 Å². The second kappa shape index (κ2) is 4.40. The van der Waals surface area contributed by atoms with Crippen molar-refractivity contribution in [3.8, 4) is 11.5 Å². The van der Waals surface area contributed by atoms with Crippen LogP contribution in [0, 0.1) is 0 Å². The highest BCUT2D eigenvalue weighted by atomic mass is 16.5. The molecule has 1 aromatic carbocycles. The van der Waals surface area contributed by atoms with Crippen LogP contribution in [-0.2, 0) is 0 Å². The number of benzene rings is 1. The Balaban J connectivity index is 2.24. The molecule has 0 unspecified atom stereocenters. The van der Waals surface area contributed by atoms with Crippen molar-refractivity contribution < 1.29 is 14.3 Å². The highest BCUT2D eigenvalue weighted by Crippen LogP contribution is 2.35. The third kappa shape index (κ3) is 3.48. The average molecular weight is 234 g/mol. The summed E-state index contributed by atoms with van der Waals surface area (Å²) < 4.78 is 11.6. The molecule has 0 spiro atoms. The Hall–Kier alpha value is -1.51. The third-order valence-corrected chi connectivity index (χ3v) is 2.34. The summed E-state index contributed by atoms with van der Waals surface area (Å²) in [4.78, 5) is 10.8. The summed E-state index contributed by atoms with van der Waals surface area (Å²) in [6.07, 6.45) is 3.28. The number of aldehydes is 1. The number of carbonyl (C=O) groups excluding carboxylic acids is 1. The summed E-state index contributed by atoms with van der Waals surface area (Å²) in [6.45, 7) is 5.96. The van der Waals surface area contributed by atoms with E-state index in [1.165, 1.54) is 0 Å². The summed E-state index contributed by atoms with van der Waals surface area (Å²) in [5.74, 6) is 1.38. The molecule has 1 aliphatic carbocycles. The average Bonchev–Trinajstić information content (AvgIpc) is 3.02. The van der Waals surface area contributed by atoms with Crippen LogP contribution in [0.5, 0.6) is 11.5 Å². The van der Waals surface area contributed by atoms with E-state index in [1.807, 2.05) is 20.8 Å². The summed E-state index contributed by atoms with van der Waals surface area (Å²) in [7, 11) is 0. The molecule has 1 aromatic rings. The van der Waals surface area contributed by atoms with Gasteiger partial charge < -0.3 is 9.47 Å². The third-order valence-electron chi connectivity index (χ3n) is 2.34. The van der Waals surface area contributed by atoms with Gasteiger partial charge in [0.2, 0.25) is 0 Å². The summed E-state index contributed by atoms with van der Waals surface area (Å²) in [5, 5.41) is 0. The van der Waals surface area contributed by atoms with Crippen LogP contribution in [0.3, 0.4) is 0 Å². The van der Waals surface area contributed by atoms with Gasteiger partial charge in [0.1, 0.15) is 11.9 Å². The molecular formula is C14H18O3. The van der Waals surface area contributed by atoms with Crippen molar-refractivity contribution in [3.05, 3.63) is 23.8 Å². The van der Waals surface area contributed by atoms with Gasteiger partial charge in [0, 0.05) is 5.56 Å². The first-order valence-electron chi connectivity index (χ1n) is 5.93. The Bertz CT molecular complexity index is 414. The van der Waals surface area contributed by atoms with Gasteiger partial charge in [0.25, 0.3) is 0 Å². The molecule has 0 heterocycles. The second-order valence-corrected chi connectivity index (χ2v) is 5.36. The predicted molar refractivity (Wildman–Crippen MR) is 65.9 cm³/mol. The van der Waals surface area contributed by atoms with E-state index >= 15 is 0 Å². The molecule has 1 fully saturated rings. The van der Waals surface area contributed by atoms with Crippen molar-refractivity contribution in [2.45, 2.75) is 45.3 Å². The van der Waals surface area contributed by atoms with E-state index in [9.17, 15) is 4.79 Å². The lowest BCUT2D eigenvalue weighted by molar-refractivity contribution is 0.112. The molecular weight excluding hydrogens is 216 g/mol. The van der Waals surface area contributed by atoms with E-state index in [0.717, 1.165) is 19.1 Å². The molecule has 0 aliphatic heterocycles. The Labute approximate surface area is 102 Å². The zero-order valence-electron chi connectivity index (χ0n) is 10.5. The van der Waals surface area contributed by atoms with Crippen molar-refractivity contribution in [2.24, 2.45) is 0 Å². The van der Waals surface area contributed by atoms with Crippen LogP contribution in [-0.4, -0.2) is 18.0 Å². The van der Waals surface area contributed by atoms with Gasteiger partial charge >= 0.3 is 0 Å². The maximum Gasteiger partial charge on any atom is 0.162 e. The molecule has 17 heavy (non-hydrogen) atoms. The van der Waals surface area contributed by atoms with Gasteiger partial charge in [-0.05, 0) is 51.8 Å². The van der Waals surface area contributed by atoms with Crippen molar-refractivity contribution in [1.82, 2.24) is 0 Å². The second-order valence-electron chi connectivity index (χ2n) is 5.36. The largest absolute Gasteiger partial charge is 0.487 e. The monoisotopic (exact) mass is 234 g/mol. The first-order chi connectivity index (χ1) is 7.98. The van der Waals surface area contributed by atoms with Gasteiger partial charge in [-0.3, -0.25) is 4.79 Å². The Morgan fingerprint density at radius 1 is 1.24 bits per heavy atom. The van der Waals surface area contributed by atoms with Gasteiger partial charge in [-0.15, -0.1) is 0 Å². The van der Waals surface area contributed by atoms with Gasteiger partial charge in [0.05, 0.1) is 6.10 Å². The molecule has 0 amide bonds. The summed E-state index contributed by atoms with van der Waals surface area (Å²) in [6, 6.07) is 5.28. The molecule has 0 aromatic heterocycles. The highest BCUT2D eigenvalue weighted by Gasteiger charge is 2.26. The van der Waals surface area contributed by atoms with Crippen LogP contribution < -0.4 is 9.47 Å². The smallest absolute Gasteiger partial charge is 0.162 e. The van der Waals surface area contributed by atoms with E-state index in [4.69, 9.17) is 9.47 Å². The molecule has 0 N–H and O–H groups in total. The number of ether oxygens (including phenoxy) is 2. The van der Waals surface area contributed by atoms with Crippen molar-refractivity contribution >= 4 is 6.29 Å². The molecule has 92 valence electrons. The fraction of sp³-hybridized carbons (Fsp3) is 0.500. The zero-order valence-corrected chi connectivity index (χ0v) is 10.5. The molecule has 1 saturated carbocycles. The molecule has 0 bridgehead atoms. The van der Waals surface area contributed by atoms with E-state index in [1.54, 1.807) is 18.2 Å². The Morgan fingerprint density at radius 3 is 2.47 bits per heavy atom. The lowest BCUT2D eigenvalue weighted by Gasteiger charge is -2.23. The SMILES string of the molecule is CC(C)(C)Oc1ccc(C=O)cc1OC1CC1. The molecule has 1 aliphatic rings. The maximum atomic E-state index is 10.8. The Morgan fingerprint density at radius 2 is 1.94 bits per heavy atom. The normalized spacial score (nSPS) is 15.5. The molecule has 3 nitrogen and oxygen atoms in total. The lowest BCUT2D eigenvalue weighted by atomic mass is 10.1. The standard InChI is InChI=1S/C14H18O3/c1-14(2,3)17-12-7-4-10(9-15)8-13(12)16-11-5-6-11/h4,7-9,11H,5-6H2,1-3H3. The number of hydrogen-bond donors (Lipinski definition) is 0. The lowest BCUT2D eigenvalue weighted by Crippen LogP contribution is -2.23. The first kappa shape index (κ1) is 12.0. The van der Waals surface area contributed by atoms with Crippen molar-refractivity contribution in [3.63, 3.8) is 0 Å². The first-order valence-corrected chi connectivity index (χ1v) is 5.93. The van der Waals surface area contributed by atoms with E-state index in [2.05, 4.69) is 0 Å². The van der Waals surface area contributed by atoms with E-state index in [0.29, 0.717) is 23.2 Å². The molecule has 3 heteroatoms. The van der Waals surface area contributed by atoms with Gasteiger partial charge in [-0.2, -0.15) is 0 Å². The van der Waals surface area contributed by atoms with Crippen LogP contribution in [0.4, 0.5) is 0 Å². The quantitative estimate of drug-likeness (QED) is 0.750. The predicted octanol–water partition coefficient (Wildman–Crippen LogP) is 3.22. The number of hydrogen-bond acceptors (Lipinski definition) is 3. The minimum absolute atomic E-state index is 0.273. The van der Waals surface area contributed by atoms with E-state index < -0.39 is 0 Å². The highest BCUT2D eigenvalue weighted by molar-refractivity contribution is 5.76. The summed E-state index contributed by atoms with van der Waals surface area (Å²) >= 11 is 0. The molecule has 0 saturated heterocycles. The number of carbonyl (C=O) groups is 1. The van der Waals surface area contributed by atoms with Gasteiger partial charge in [0.15, 0.2) is 11.5 Å². The molecule has 0 atom stereocenters. The van der Waals surface area contributed by atoms with Crippen molar-refractivity contribution in [1.29, 1.82) is 0 Å². The van der Waals surface area contributed by atoms with Crippen molar-refractivity contribution in [2.75, 3.05) is 0 Å². The summed E-state index contributed by atoms with van der Waals surface area (Å²) in [5.41, 5.74) is 0.339. The zero-order chi connectivity index (χ0) is 12.5. The minimum atomic E-state index is -0.273. The van der Waals surface area contributed by atoms with Gasteiger partial charge in [-0.25, -0.2) is 0 Å². The van der Waals surface area contributed by atoms with Gasteiger partial charge in [-0.1, -0.05) is 0 Å². The molecule has 0 radical (unpaired) electrons. The maximum absolute atomic E-state index is 10.8. The van der Waals surface area contributed by atoms with Crippen LogP contribution in [0.15, 0.2) is 18.2 Å². The van der Waals surface area contributed by atoms with Crippen LogP contribution in [0.2, 0.25) is 0 Å². The molecule has 2 rings (SSSR count). The fourth-order valence-corrected chi connectivity index (χ4v) is 1.47. The van der Waals surface area contributed by atoms with Crippen LogP contribution >= 0.6 is 0 Å². The van der Waals surface area contributed by atoms with Crippen LogP contribution in [0.25, 0.3) is 0 Å².